The molecule has 2 rings (SSSR count). The van der Waals surface area contributed by atoms with Crippen LogP contribution in [-0.4, -0.2) is 76.2 Å². The molecule has 1 aliphatic heterocycles. The van der Waals surface area contributed by atoms with E-state index in [0.717, 1.165) is 37.9 Å². The van der Waals surface area contributed by atoms with E-state index in [1.165, 1.54) is 37.9 Å². The average molecular weight is 489 g/mol. The topological polar surface area (TPSA) is 52.1 Å². The van der Waals surface area contributed by atoms with Crippen LogP contribution in [0.5, 0.6) is 5.75 Å². The van der Waals surface area contributed by atoms with E-state index in [1.807, 2.05) is 33.3 Å². The number of piperidine rings is 1. The zero-order valence-electron chi connectivity index (χ0n) is 17.0. The summed E-state index contributed by atoms with van der Waals surface area (Å²) in [4.78, 5) is 8.96. The summed E-state index contributed by atoms with van der Waals surface area (Å²) in [5, 5.41) is 6.79. The van der Waals surface area contributed by atoms with Crippen molar-refractivity contribution in [3.05, 3.63) is 29.8 Å². The first-order chi connectivity index (χ1) is 12.7. The molecule has 0 amide bonds. The Kier molecular flexibility index (Phi) is 12.4. The molecule has 7 heteroatoms. The molecule has 0 bridgehead atoms. The van der Waals surface area contributed by atoms with Crippen molar-refractivity contribution in [1.82, 2.24) is 20.4 Å². The Labute approximate surface area is 181 Å². The summed E-state index contributed by atoms with van der Waals surface area (Å²) in [5.74, 6) is 1.76. The molecule has 1 aliphatic rings. The summed E-state index contributed by atoms with van der Waals surface area (Å²) in [5.41, 5.74) is 1.19. The van der Waals surface area contributed by atoms with Crippen molar-refractivity contribution in [3.8, 4) is 5.75 Å². The second kappa shape index (κ2) is 14.0. The van der Waals surface area contributed by atoms with Crippen LogP contribution in [0.2, 0.25) is 0 Å². The van der Waals surface area contributed by atoms with Crippen molar-refractivity contribution >= 4 is 29.9 Å². The number of nitrogens with zero attached hydrogens (tertiary/aromatic N) is 3. The Balaban J connectivity index is 0.00000364. The fraction of sp³-hybridized carbons (Fsp3) is 0.650. The van der Waals surface area contributed by atoms with E-state index in [2.05, 4.69) is 37.6 Å². The molecular formula is C20H36IN5O. The van der Waals surface area contributed by atoms with Crippen LogP contribution in [0, 0.1) is 0 Å². The third-order valence-corrected chi connectivity index (χ3v) is 4.56. The van der Waals surface area contributed by atoms with Gasteiger partial charge in [-0.15, -0.1) is 24.0 Å². The van der Waals surface area contributed by atoms with Crippen molar-refractivity contribution < 1.29 is 4.74 Å². The highest BCUT2D eigenvalue weighted by Crippen LogP contribution is 2.13. The van der Waals surface area contributed by atoms with Crippen LogP contribution in [0.1, 0.15) is 24.8 Å². The third kappa shape index (κ3) is 10.2. The molecule has 0 saturated carbocycles. The van der Waals surface area contributed by atoms with Crippen LogP contribution in [0.15, 0.2) is 29.3 Å². The van der Waals surface area contributed by atoms with Crippen LogP contribution in [0.4, 0.5) is 0 Å². The number of halogens is 1. The van der Waals surface area contributed by atoms with Gasteiger partial charge >= 0.3 is 0 Å². The van der Waals surface area contributed by atoms with E-state index in [4.69, 9.17) is 4.74 Å². The van der Waals surface area contributed by atoms with Crippen molar-refractivity contribution in [3.63, 3.8) is 0 Å². The van der Waals surface area contributed by atoms with Gasteiger partial charge in [-0.1, -0.05) is 18.6 Å². The van der Waals surface area contributed by atoms with E-state index in [-0.39, 0.29) is 24.0 Å². The SMILES string of the molecule is CN=C(NCCN1CCCCC1)NCc1cccc(OCCN(C)C)c1.I. The molecule has 0 atom stereocenters. The lowest BCUT2D eigenvalue weighted by Gasteiger charge is -2.26. The molecule has 1 heterocycles. The quantitative estimate of drug-likeness (QED) is 0.317. The minimum absolute atomic E-state index is 0. The number of rotatable bonds is 9. The van der Waals surface area contributed by atoms with E-state index in [0.29, 0.717) is 6.61 Å². The number of benzene rings is 1. The summed E-state index contributed by atoms with van der Waals surface area (Å²) < 4.78 is 5.80. The van der Waals surface area contributed by atoms with E-state index in [1.54, 1.807) is 0 Å². The number of hydrogen-bond acceptors (Lipinski definition) is 4. The van der Waals surface area contributed by atoms with Gasteiger partial charge in [0.05, 0.1) is 0 Å². The van der Waals surface area contributed by atoms with Gasteiger partial charge in [0.15, 0.2) is 5.96 Å². The highest BCUT2D eigenvalue weighted by molar-refractivity contribution is 14.0. The maximum absolute atomic E-state index is 5.80. The number of nitrogens with one attached hydrogen (secondary N) is 2. The summed E-state index contributed by atoms with van der Waals surface area (Å²) >= 11 is 0. The molecule has 0 radical (unpaired) electrons. The smallest absolute Gasteiger partial charge is 0.191 e. The van der Waals surface area contributed by atoms with Gasteiger partial charge in [-0.2, -0.15) is 0 Å². The van der Waals surface area contributed by atoms with Crippen molar-refractivity contribution in [2.24, 2.45) is 4.99 Å². The monoisotopic (exact) mass is 489 g/mol. The summed E-state index contributed by atoms with van der Waals surface area (Å²) in [6, 6.07) is 8.23. The largest absolute Gasteiger partial charge is 0.492 e. The lowest BCUT2D eigenvalue weighted by molar-refractivity contribution is 0.232. The molecule has 0 spiro atoms. The number of hydrogen-bond donors (Lipinski definition) is 2. The minimum atomic E-state index is 0. The van der Waals surface area contributed by atoms with Crippen LogP contribution in [0.25, 0.3) is 0 Å². The van der Waals surface area contributed by atoms with Crippen LogP contribution >= 0.6 is 24.0 Å². The molecule has 1 saturated heterocycles. The molecule has 0 unspecified atom stereocenters. The molecule has 1 fully saturated rings. The van der Waals surface area contributed by atoms with Gasteiger partial charge < -0.3 is 25.2 Å². The first kappa shape index (κ1) is 24.0. The lowest BCUT2D eigenvalue weighted by atomic mass is 10.1. The van der Waals surface area contributed by atoms with E-state index >= 15 is 0 Å². The van der Waals surface area contributed by atoms with Crippen molar-refractivity contribution in [2.75, 3.05) is 60.5 Å². The fourth-order valence-electron chi connectivity index (χ4n) is 3.01. The van der Waals surface area contributed by atoms with Gasteiger partial charge in [0, 0.05) is 33.2 Å². The fourth-order valence-corrected chi connectivity index (χ4v) is 3.01. The average Bonchev–Trinajstić information content (AvgIpc) is 2.65. The third-order valence-electron chi connectivity index (χ3n) is 4.56. The van der Waals surface area contributed by atoms with Crippen LogP contribution in [-0.2, 0) is 6.54 Å². The molecule has 2 N–H and O–H groups in total. The first-order valence-corrected chi connectivity index (χ1v) is 9.70. The Morgan fingerprint density at radius 3 is 2.67 bits per heavy atom. The summed E-state index contributed by atoms with van der Waals surface area (Å²) in [7, 11) is 5.91. The van der Waals surface area contributed by atoms with E-state index in [9.17, 15) is 0 Å². The molecule has 27 heavy (non-hydrogen) atoms. The zero-order valence-corrected chi connectivity index (χ0v) is 19.4. The first-order valence-electron chi connectivity index (χ1n) is 9.70. The number of likely N-dealkylation sites (tertiary alicyclic amines) is 1. The van der Waals surface area contributed by atoms with Gasteiger partial charge in [-0.3, -0.25) is 4.99 Å². The summed E-state index contributed by atoms with van der Waals surface area (Å²) in [6.45, 7) is 6.81. The van der Waals surface area contributed by atoms with Gasteiger partial charge in [0.1, 0.15) is 12.4 Å². The maximum Gasteiger partial charge on any atom is 0.191 e. The molecule has 1 aromatic carbocycles. The van der Waals surface area contributed by atoms with Gasteiger partial charge in [0.2, 0.25) is 0 Å². The standard InChI is InChI=1S/C20H35N5O.HI/c1-21-20(22-10-13-25-11-5-4-6-12-25)23-17-18-8-7-9-19(16-18)26-15-14-24(2)3;/h7-9,16H,4-6,10-15,17H2,1-3H3,(H2,21,22,23);1H. The van der Waals surface area contributed by atoms with Crippen LogP contribution < -0.4 is 15.4 Å². The zero-order chi connectivity index (χ0) is 18.6. The molecule has 6 nitrogen and oxygen atoms in total. The van der Waals surface area contributed by atoms with E-state index < -0.39 is 0 Å². The van der Waals surface area contributed by atoms with Crippen molar-refractivity contribution in [1.29, 1.82) is 0 Å². The Bertz CT molecular complexity index is 547. The van der Waals surface area contributed by atoms with Crippen LogP contribution in [0.3, 0.4) is 0 Å². The highest BCUT2D eigenvalue weighted by Gasteiger charge is 2.09. The second-order valence-electron chi connectivity index (χ2n) is 7.05. The molecule has 1 aromatic rings. The minimum Gasteiger partial charge on any atom is -0.492 e. The van der Waals surface area contributed by atoms with Gasteiger partial charge in [-0.05, 0) is 57.7 Å². The van der Waals surface area contributed by atoms with Gasteiger partial charge in [-0.25, -0.2) is 0 Å². The Morgan fingerprint density at radius 2 is 1.96 bits per heavy atom. The normalized spacial score (nSPS) is 15.3. The lowest BCUT2D eigenvalue weighted by Crippen LogP contribution is -2.42. The molecule has 0 aliphatic carbocycles. The number of ether oxygens (including phenoxy) is 1. The van der Waals surface area contributed by atoms with Gasteiger partial charge in [0.25, 0.3) is 0 Å². The molecule has 154 valence electrons. The molecule has 0 aromatic heterocycles. The Morgan fingerprint density at radius 1 is 1.19 bits per heavy atom. The predicted octanol–water partition coefficient (Wildman–Crippen LogP) is 2.40. The number of guanidine groups is 1. The predicted molar refractivity (Wildman–Crippen MR) is 124 cm³/mol. The maximum atomic E-state index is 5.80. The summed E-state index contributed by atoms with van der Waals surface area (Å²) in [6.07, 6.45) is 4.05. The number of aliphatic imine (C=N–C) groups is 1. The Hall–Kier alpha value is -1.06. The van der Waals surface area contributed by atoms with Crippen molar-refractivity contribution in [2.45, 2.75) is 25.8 Å². The number of likely N-dealkylation sites (N-methyl/N-ethyl adjacent to an activating group) is 1. The second-order valence-corrected chi connectivity index (χ2v) is 7.05. The molecular weight excluding hydrogens is 453 g/mol. The highest BCUT2D eigenvalue weighted by atomic mass is 127.